The van der Waals surface area contributed by atoms with Crippen molar-refractivity contribution < 1.29 is 89.4 Å². The molecule has 0 aromatic carbocycles. The van der Waals surface area contributed by atoms with Crippen LogP contribution in [0.1, 0.15) is 264 Å². The Balaban J connectivity index is 1.37. The van der Waals surface area contributed by atoms with Crippen LogP contribution >= 0.6 is 0 Å². The number of carbonyl (C=O) groups excluding carboxylic acids is 1. The normalized spacial score (nSPS) is 27.1. The van der Waals surface area contributed by atoms with Gasteiger partial charge in [0.2, 0.25) is 5.91 Å². The number of hydrogen-bond donors (Lipinski definition) is 12. The van der Waals surface area contributed by atoms with Crippen molar-refractivity contribution in [1.29, 1.82) is 0 Å². The number of rotatable bonds is 60. The monoisotopic (exact) mass is 1410 g/mol. The average molecular weight is 1410 g/mol. The number of allylic oxidation sites excluding steroid dienone is 17. The molecule has 0 spiro atoms. The van der Waals surface area contributed by atoms with Crippen molar-refractivity contribution in [2.24, 2.45) is 0 Å². The second-order valence-electron chi connectivity index (χ2n) is 27.4. The summed E-state index contributed by atoms with van der Waals surface area (Å²) in [6.07, 6.45) is 56.4. The van der Waals surface area contributed by atoms with Gasteiger partial charge in [-0.25, -0.2) is 0 Å². The number of unbranched alkanes of at least 4 members (excludes halogenated alkanes) is 28. The predicted molar refractivity (Wildman–Crippen MR) is 397 cm³/mol. The molecule has 3 rings (SSSR count). The molecule has 19 nitrogen and oxygen atoms in total. The second-order valence-corrected chi connectivity index (χ2v) is 27.4. The molecule has 0 aromatic rings. The van der Waals surface area contributed by atoms with E-state index in [2.05, 4.69) is 116 Å². The molecule has 0 aromatic heterocycles. The van der Waals surface area contributed by atoms with Gasteiger partial charge in [-0.3, -0.25) is 4.79 Å². The van der Waals surface area contributed by atoms with E-state index in [1.807, 2.05) is 6.08 Å². The number of nitrogens with one attached hydrogen (secondary N) is 1. The number of carbonyl (C=O) groups is 1. The summed E-state index contributed by atoms with van der Waals surface area (Å²) in [4.78, 5) is 13.5. The highest BCUT2D eigenvalue weighted by Gasteiger charge is 2.53. The lowest BCUT2D eigenvalue weighted by Crippen LogP contribution is -2.66. The maximum Gasteiger partial charge on any atom is 0.220 e. The molecule has 0 bridgehead atoms. The van der Waals surface area contributed by atoms with Crippen molar-refractivity contribution in [2.45, 2.75) is 369 Å². The van der Waals surface area contributed by atoms with E-state index < -0.39 is 124 Å². The van der Waals surface area contributed by atoms with Crippen molar-refractivity contribution in [3.8, 4) is 0 Å². The van der Waals surface area contributed by atoms with Gasteiger partial charge in [-0.1, -0.05) is 277 Å². The van der Waals surface area contributed by atoms with Gasteiger partial charge >= 0.3 is 0 Å². The Hall–Kier alpha value is -3.55. The molecule has 100 heavy (non-hydrogen) atoms. The largest absolute Gasteiger partial charge is 0.394 e. The first-order valence-corrected chi connectivity index (χ1v) is 39.1. The Morgan fingerprint density at radius 3 is 1.12 bits per heavy atom. The van der Waals surface area contributed by atoms with E-state index in [-0.39, 0.29) is 18.9 Å². The average Bonchev–Trinajstić information content (AvgIpc) is 0.783. The quantitative estimate of drug-likeness (QED) is 0.0199. The van der Waals surface area contributed by atoms with Gasteiger partial charge < -0.3 is 89.9 Å². The first-order valence-electron chi connectivity index (χ1n) is 39.1. The predicted octanol–water partition coefficient (Wildman–Crippen LogP) is 12.6. The fourth-order valence-electron chi connectivity index (χ4n) is 12.5. The van der Waals surface area contributed by atoms with Crippen molar-refractivity contribution in [3.63, 3.8) is 0 Å². The summed E-state index contributed by atoms with van der Waals surface area (Å²) in [6.45, 7) is 1.61. The summed E-state index contributed by atoms with van der Waals surface area (Å²) in [5, 5.41) is 121. The topological polar surface area (TPSA) is 307 Å². The maximum atomic E-state index is 13.5. The van der Waals surface area contributed by atoms with Gasteiger partial charge in [0.25, 0.3) is 0 Å². The third-order valence-electron chi connectivity index (χ3n) is 18.8. The number of amides is 1. The van der Waals surface area contributed by atoms with Gasteiger partial charge in [0, 0.05) is 6.42 Å². The van der Waals surface area contributed by atoms with E-state index in [9.17, 15) is 61.0 Å². The Morgan fingerprint density at radius 2 is 0.700 bits per heavy atom. The van der Waals surface area contributed by atoms with Crippen LogP contribution in [0.15, 0.2) is 109 Å². The number of aliphatic hydroxyl groups is 11. The first kappa shape index (κ1) is 90.7. The molecule has 0 radical (unpaired) electrons. The molecule has 17 unspecified atom stereocenters. The third-order valence-corrected chi connectivity index (χ3v) is 18.8. The van der Waals surface area contributed by atoms with E-state index in [4.69, 9.17) is 28.4 Å². The standard InChI is InChI=1S/C81H139NO18/c1-3-5-7-9-11-13-15-17-19-21-23-25-26-27-28-29-30-31-32-33-34-35-36-37-38-39-41-43-45-47-49-51-53-55-57-59-69(87)82-64(65(86)58-56-54-52-50-48-46-44-42-40-24-22-20-18-16-14-12-10-8-6-4-2)63-95-79-75(93)72(90)77(67(61-84)97-79)100-81-76(94)73(91)78(68(62-85)98-81)99-80-74(92)71(89)70(88)66(60-83)96-80/h5,7,11,13,17,19,23,25,27-28,30-31,33-34,48,50,56,58,64-68,70-81,83-86,88-94H,3-4,6,8-10,12,14-16,18,20-22,24,26,29,32,35-47,49,51-55,57,59-63H2,1-2H3,(H,82,87)/b7-5-,13-11-,19-17-,25-23-,28-27-,31-30-,34-33-,50-48+,58-56+. The third kappa shape index (κ3) is 40.6. The van der Waals surface area contributed by atoms with E-state index >= 15 is 0 Å². The van der Waals surface area contributed by atoms with Crippen LogP contribution in [0.2, 0.25) is 0 Å². The summed E-state index contributed by atoms with van der Waals surface area (Å²) in [5.41, 5.74) is 0. The molecule has 19 heteroatoms. The second kappa shape index (κ2) is 60.7. The molecule has 3 aliphatic rings. The van der Waals surface area contributed by atoms with Crippen molar-refractivity contribution in [1.82, 2.24) is 5.32 Å². The van der Waals surface area contributed by atoms with Crippen LogP contribution in [0, 0.1) is 0 Å². The van der Waals surface area contributed by atoms with E-state index in [0.717, 1.165) is 96.3 Å². The summed E-state index contributed by atoms with van der Waals surface area (Å²) in [6, 6.07) is -0.998. The maximum absolute atomic E-state index is 13.5. The van der Waals surface area contributed by atoms with E-state index in [0.29, 0.717) is 12.8 Å². The summed E-state index contributed by atoms with van der Waals surface area (Å²) in [5.74, 6) is -0.289. The smallest absolute Gasteiger partial charge is 0.220 e. The minimum Gasteiger partial charge on any atom is -0.394 e. The van der Waals surface area contributed by atoms with Crippen molar-refractivity contribution in [3.05, 3.63) is 109 Å². The first-order chi connectivity index (χ1) is 48.8. The van der Waals surface area contributed by atoms with E-state index in [1.54, 1.807) is 6.08 Å². The lowest BCUT2D eigenvalue weighted by Gasteiger charge is -2.48. The lowest BCUT2D eigenvalue weighted by molar-refractivity contribution is -0.379. The highest BCUT2D eigenvalue weighted by atomic mass is 16.8. The number of ether oxygens (including phenoxy) is 6. The summed E-state index contributed by atoms with van der Waals surface area (Å²) >= 11 is 0. The molecular formula is C81H139NO18. The van der Waals surface area contributed by atoms with Crippen LogP contribution in [0.5, 0.6) is 0 Å². The van der Waals surface area contributed by atoms with Crippen molar-refractivity contribution >= 4 is 5.91 Å². The van der Waals surface area contributed by atoms with Gasteiger partial charge in [0.15, 0.2) is 18.9 Å². The minimum atomic E-state index is -1.99. The summed E-state index contributed by atoms with van der Waals surface area (Å²) in [7, 11) is 0. The van der Waals surface area contributed by atoms with Gasteiger partial charge in [-0.05, 0) is 89.9 Å². The Labute approximate surface area is 602 Å². The molecule has 17 atom stereocenters. The number of aliphatic hydroxyl groups excluding tert-OH is 11. The van der Waals surface area contributed by atoms with Crippen LogP contribution in [0.4, 0.5) is 0 Å². The van der Waals surface area contributed by atoms with Gasteiger partial charge in [-0.15, -0.1) is 0 Å². The zero-order valence-corrected chi connectivity index (χ0v) is 61.4. The fourth-order valence-corrected chi connectivity index (χ4v) is 12.5. The highest BCUT2D eigenvalue weighted by Crippen LogP contribution is 2.33. The zero-order chi connectivity index (χ0) is 72.5. The SMILES string of the molecule is CC/C=C\C/C=C\C/C=C\C/C=C\C/C=C\C/C=C\C/C=C\CCCCCCCCCCCCCCCC(=O)NC(COC1OC(CO)C(OC2OC(CO)C(OC3OC(CO)C(O)C(O)C3O)C(O)C2O)C(O)C1O)C(O)/C=C/CC/C=C/CCCCCCCCCCCCCCCC. The van der Waals surface area contributed by atoms with Crippen LogP contribution in [-0.2, 0) is 33.2 Å². The molecule has 3 saturated heterocycles. The van der Waals surface area contributed by atoms with Crippen LogP contribution in [0.3, 0.4) is 0 Å². The minimum absolute atomic E-state index is 0.228. The Bertz CT molecular complexity index is 2230. The Kier molecular flexibility index (Phi) is 55.0. The van der Waals surface area contributed by atoms with Gasteiger partial charge in [0.05, 0.1) is 38.6 Å². The molecule has 3 heterocycles. The van der Waals surface area contributed by atoms with E-state index in [1.165, 1.54) is 135 Å². The summed E-state index contributed by atoms with van der Waals surface area (Å²) < 4.78 is 34.4. The lowest BCUT2D eigenvalue weighted by atomic mass is 9.96. The molecular weight excluding hydrogens is 1270 g/mol. The van der Waals surface area contributed by atoms with Gasteiger partial charge in [0.1, 0.15) is 73.2 Å². The molecule has 0 aliphatic carbocycles. The number of hydrogen-bond acceptors (Lipinski definition) is 18. The Morgan fingerprint density at radius 1 is 0.370 bits per heavy atom. The molecule has 0 saturated carbocycles. The molecule has 576 valence electrons. The molecule has 3 aliphatic heterocycles. The molecule has 3 fully saturated rings. The highest BCUT2D eigenvalue weighted by molar-refractivity contribution is 5.76. The fraction of sp³-hybridized carbons (Fsp3) is 0.765. The van der Waals surface area contributed by atoms with Crippen LogP contribution < -0.4 is 5.32 Å². The van der Waals surface area contributed by atoms with Crippen molar-refractivity contribution in [2.75, 3.05) is 26.4 Å². The molecule has 1 amide bonds. The van der Waals surface area contributed by atoms with Crippen LogP contribution in [0.25, 0.3) is 0 Å². The van der Waals surface area contributed by atoms with Crippen LogP contribution in [-0.4, -0.2) is 193 Å². The van der Waals surface area contributed by atoms with Gasteiger partial charge in [-0.2, -0.15) is 0 Å². The zero-order valence-electron chi connectivity index (χ0n) is 61.4. The molecule has 12 N–H and O–H groups in total.